The quantitative estimate of drug-likeness (QED) is 0.693. The van der Waals surface area contributed by atoms with Crippen LogP contribution in [0.4, 0.5) is 0 Å². The number of phenols is 1. The Morgan fingerprint density at radius 1 is 1.22 bits per heavy atom. The summed E-state index contributed by atoms with van der Waals surface area (Å²) in [4.78, 5) is 26.0. The Bertz CT molecular complexity index is 1060. The molecular weight excluding hydrogens is 404 g/mol. The van der Waals surface area contributed by atoms with Crippen LogP contribution in [0.25, 0.3) is 10.8 Å². The number of carbonyl (C=O) groups excluding carboxylic acids is 2. The van der Waals surface area contributed by atoms with E-state index >= 15 is 0 Å². The molecule has 2 aromatic carbocycles. The Balaban J connectivity index is 2.06. The fraction of sp³-hybridized carbons (Fsp3) is 0.217. The molecule has 0 bridgehead atoms. The molecule has 4 heteroatoms. The van der Waals surface area contributed by atoms with Crippen molar-refractivity contribution in [3.63, 3.8) is 0 Å². The van der Waals surface area contributed by atoms with Crippen LogP contribution in [0.2, 0.25) is 0 Å². The number of hydrogen-bond acceptors (Lipinski definition) is 3. The molecule has 0 spiro atoms. The minimum absolute atomic E-state index is 0.0319. The molecule has 0 radical (unpaired) electrons. The number of alkyl halides is 1. The summed E-state index contributed by atoms with van der Waals surface area (Å²) >= 11 is 3.70. The number of fused-ring (bicyclic) bond motifs is 2. The van der Waals surface area contributed by atoms with Gasteiger partial charge in [0.05, 0.1) is 0 Å². The Hall–Kier alpha value is -2.46. The average molecular weight is 423 g/mol. The second-order valence-electron chi connectivity index (χ2n) is 7.17. The second kappa shape index (κ2) is 6.31. The third kappa shape index (κ3) is 2.47. The fourth-order valence-electron chi connectivity index (χ4n) is 4.42. The van der Waals surface area contributed by atoms with Crippen molar-refractivity contribution in [2.45, 2.75) is 23.6 Å². The van der Waals surface area contributed by atoms with Gasteiger partial charge in [-0.25, -0.2) is 0 Å². The first kappa shape index (κ1) is 17.9. The molecule has 3 unspecified atom stereocenters. The Morgan fingerprint density at radius 3 is 2.70 bits per heavy atom. The molecule has 3 atom stereocenters. The molecule has 0 aromatic heterocycles. The highest BCUT2D eigenvalue weighted by atomic mass is 79.9. The van der Waals surface area contributed by atoms with Gasteiger partial charge in [0.2, 0.25) is 0 Å². The minimum atomic E-state index is -1.14. The highest BCUT2D eigenvalue weighted by Gasteiger charge is 2.57. The number of ketones is 2. The fourth-order valence-corrected chi connectivity index (χ4v) is 5.42. The zero-order valence-corrected chi connectivity index (χ0v) is 16.5. The molecule has 0 aliphatic heterocycles. The number of allylic oxidation sites excluding steroid dienone is 5. The van der Waals surface area contributed by atoms with E-state index in [1.807, 2.05) is 36.4 Å². The maximum atomic E-state index is 13.2. The Labute approximate surface area is 166 Å². The summed E-state index contributed by atoms with van der Waals surface area (Å²) in [5, 5.41) is 12.6. The molecule has 27 heavy (non-hydrogen) atoms. The minimum Gasteiger partial charge on any atom is -0.508 e. The van der Waals surface area contributed by atoms with Crippen LogP contribution >= 0.6 is 15.9 Å². The van der Waals surface area contributed by atoms with Crippen LogP contribution in [0.15, 0.2) is 72.4 Å². The predicted molar refractivity (Wildman–Crippen MR) is 110 cm³/mol. The summed E-state index contributed by atoms with van der Waals surface area (Å²) < 4.78 is -1.14. The molecule has 1 N–H and O–H groups in total. The molecule has 0 saturated heterocycles. The summed E-state index contributed by atoms with van der Waals surface area (Å²) in [5.74, 6) is -1.09. The topological polar surface area (TPSA) is 54.4 Å². The Morgan fingerprint density at radius 2 is 1.96 bits per heavy atom. The van der Waals surface area contributed by atoms with Crippen molar-refractivity contribution in [2.75, 3.05) is 0 Å². The smallest absolute Gasteiger partial charge is 0.174 e. The van der Waals surface area contributed by atoms with E-state index in [0.717, 1.165) is 16.3 Å². The maximum absolute atomic E-state index is 13.2. The monoisotopic (exact) mass is 422 g/mol. The van der Waals surface area contributed by atoms with E-state index in [1.165, 1.54) is 6.08 Å². The van der Waals surface area contributed by atoms with Crippen LogP contribution in [0, 0.1) is 5.92 Å². The average Bonchev–Trinajstić information content (AvgIpc) is 2.66. The SMILES string of the molecule is C=CC1=CCC2C(=O)C(C)=CC(=O)C2(Br)C1c1c(O)ccc2ccccc12. The lowest BCUT2D eigenvalue weighted by atomic mass is 9.62. The molecule has 3 nitrogen and oxygen atoms in total. The number of rotatable bonds is 2. The van der Waals surface area contributed by atoms with Crippen molar-refractivity contribution in [2.24, 2.45) is 5.92 Å². The third-order valence-corrected chi connectivity index (χ3v) is 7.15. The van der Waals surface area contributed by atoms with E-state index in [9.17, 15) is 14.7 Å². The van der Waals surface area contributed by atoms with Gasteiger partial charge in [-0.3, -0.25) is 9.59 Å². The van der Waals surface area contributed by atoms with Gasteiger partial charge in [-0.15, -0.1) is 0 Å². The van der Waals surface area contributed by atoms with Crippen LogP contribution < -0.4 is 0 Å². The van der Waals surface area contributed by atoms with E-state index < -0.39 is 16.2 Å². The summed E-state index contributed by atoms with van der Waals surface area (Å²) in [5.41, 5.74) is 1.97. The van der Waals surface area contributed by atoms with Gasteiger partial charge in [0, 0.05) is 17.4 Å². The molecule has 4 rings (SSSR count). The van der Waals surface area contributed by atoms with Crippen LogP contribution in [-0.2, 0) is 9.59 Å². The highest BCUT2D eigenvalue weighted by molar-refractivity contribution is 9.10. The number of Topliss-reactive ketones (excluding diaryl/α,β-unsaturated/α-hetero) is 1. The molecule has 2 aliphatic rings. The van der Waals surface area contributed by atoms with E-state index in [4.69, 9.17) is 0 Å². The van der Waals surface area contributed by atoms with E-state index in [2.05, 4.69) is 22.5 Å². The van der Waals surface area contributed by atoms with Gasteiger partial charge in [0.25, 0.3) is 0 Å². The molecular formula is C23H19BrO3. The first-order valence-electron chi connectivity index (χ1n) is 8.88. The lowest BCUT2D eigenvalue weighted by Crippen LogP contribution is -2.52. The van der Waals surface area contributed by atoms with Crippen LogP contribution in [0.1, 0.15) is 24.8 Å². The van der Waals surface area contributed by atoms with E-state index in [-0.39, 0.29) is 17.3 Å². The van der Waals surface area contributed by atoms with Crippen LogP contribution in [-0.4, -0.2) is 21.0 Å². The van der Waals surface area contributed by atoms with Crippen molar-refractivity contribution >= 4 is 38.3 Å². The molecule has 0 amide bonds. The maximum Gasteiger partial charge on any atom is 0.174 e. The van der Waals surface area contributed by atoms with Crippen molar-refractivity contribution in [1.82, 2.24) is 0 Å². The normalized spacial score (nSPS) is 27.8. The van der Waals surface area contributed by atoms with E-state index in [1.54, 1.807) is 19.1 Å². The molecule has 0 heterocycles. The summed E-state index contributed by atoms with van der Waals surface area (Å²) in [6.45, 7) is 5.60. The number of carbonyl (C=O) groups is 2. The molecule has 0 fully saturated rings. The van der Waals surface area contributed by atoms with Crippen LogP contribution in [0.3, 0.4) is 0 Å². The van der Waals surface area contributed by atoms with Crippen molar-refractivity contribution < 1.29 is 14.7 Å². The van der Waals surface area contributed by atoms with Gasteiger partial charge in [0.15, 0.2) is 11.6 Å². The zero-order chi connectivity index (χ0) is 19.3. The first-order valence-corrected chi connectivity index (χ1v) is 9.67. The predicted octanol–water partition coefficient (Wildman–Crippen LogP) is 4.99. The Kier molecular flexibility index (Phi) is 4.19. The molecule has 0 saturated carbocycles. The van der Waals surface area contributed by atoms with Gasteiger partial charge in [0.1, 0.15) is 10.1 Å². The highest BCUT2D eigenvalue weighted by Crippen LogP contribution is 2.56. The van der Waals surface area contributed by atoms with Gasteiger partial charge in [-0.2, -0.15) is 0 Å². The van der Waals surface area contributed by atoms with Gasteiger partial charge in [-0.1, -0.05) is 65.0 Å². The number of phenolic OH excluding ortho intramolecular Hbond substituents is 1. The number of hydrogen-bond donors (Lipinski definition) is 1. The van der Waals surface area contributed by atoms with Crippen molar-refractivity contribution in [3.8, 4) is 5.75 Å². The zero-order valence-electron chi connectivity index (χ0n) is 14.9. The lowest BCUT2D eigenvalue weighted by Gasteiger charge is -2.45. The standard InChI is InChI=1S/C23H19BrO3/c1-3-14-8-10-17-22(27)13(2)12-19(26)23(17,24)21(14)20-16-7-5-4-6-15(16)9-11-18(20)25/h3-9,11-12,17,21,25H,1,10H2,2H3. The number of aromatic hydroxyl groups is 1. The molecule has 2 aliphatic carbocycles. The number of benzene rings is 2. The van der Waals surface area contributed by atoms with Crippen molar-refractivity contribution in [3.05, 3.63) is 77.9 Å². The summed E-state index contributed by atoms with van der Waals surface area (Å²) in [6, 6.07) is 11.2. The molecule has 136 valence electrons. The van der Waals surface area contributed by atoms with Gasteiger partial charge >= 0.3 is 0 Å². The van der Waals surface area contributed by atoms with E-state index in [0.29, 0.717) is 17.6 Å². The number of halogens is 1. The third-order valence-electron chi connectivity index (χ3n) is 5.75. The lowest BCUT2D eigenvalue weighted by molar-refractivity contribution is -0.128. The molecule has 2 aromatic rings. The summed E-state index contributed by atoms with van der Waals surface area (Å²) in [7, 11) is 0. The first-order chi connectivity index (χ1) is 12.9. The second-order valence-corrected chi connectivity index (χ2v) is 8.49. The largest absolute Gasteiger partial charge is 0.508 e. The van der Waals surface area contributed by atoms with Gasteiger partial charge < -0.3 is 5.11 Å². The summed E-state index contributed by atoms with van der Waals surface area (Å²) in [6.07, 6.45) is 5.57. The van der Waals surface area contributed by atoms with Gasteiger partial charge in [-0.05, 0) is 47.4 Å². The van der Waals surface area contributed by atoms with Crippen molar-refractivity contribution in [1.29, 1.82) is 0 Å². The van der Waals surface area contributed by atoms with Crippen LogP contribution in [0.5, 0.6) is 5.75 Å².